The summed E-state index contributed by atoms with van der Waals surface area (Å²) in [7, 11) is 6.32. The number of hydrogen-bond acceptors (Lipinski definition) is 4. The normalized spacial score (nSPS) is 15.1. The van der Waals surface area contributed by atoms with E-state index in [1.54, 1.807) is 0 Å². The molecular formula is C14H26N4. The highest BCUT2D eigenvalue weighted by Gasteiger charge is 2.21. The van der Waals surface area contributed by atoms with Crippen LogP contribution in [0.3, 0.4) is 0 Å². The van der Waals surface area contributed by atoms with Gasteiger partial charge < -0.3 is 10.6 Å². The van der Waals surface area contributed by atoms with Gasteiger partial charge in [0.05, 0.1) is 11.7 Å². The molecule has 0 aliphatic heterocycles. The van der Waals surface area contributed by atoms with Crippen LogP contribution in [0.25, 0.3) is 0 Å². The first-order valence-corrected chi connectivity index (χ1v) is 6.54. The van der Waals surface area contributed by atoms with Crippen LogP contribution in [0.2, 0.25) is 0 Å². The average Bonchev–Trinajstić information content (AvgIpc) is 2.29. The lowest BCUT2D eigenvalue weighted by Crippen LogP contribution is -2.38. The van der Waals surface area contributed by atoms with E-state index >= 15 is 0 Å². The molecule has 0 aliphatic rings. The molecule has 2 atom stereocenters. The first-order valence-electron chi connectivity index (χ1n) is 6.54. The molecule has 4 nitrogen and oxygen atoms in total. The zero-order valence-electron chi connectivity index (χ0n) is 12.0. The average molecular weight is 250 g/mol. The largest absolute Gasteiger partial charge is 0.326 e. The molecule has 102 valence electrons. The van der Waals surface area contributed by atoms with Gasteiger partial charge in [0.15, 0.2) is 0 Å². The van der Waals surface area contributed by atoms with Crippen LogP contribution in [-0.2, 0) is 0 Å². The van der Waals surface area contributed by atoms with Crippen molar-refractivity contribution in [3.63, 3.8) is 0 Å². The maximum Gasteiger partial charge on any atom is 0.0668 e. The summed E-state index contributed by atoms with van der Waals surface area (Å²) in [4.78, 5) is 8.94. The van der Waals surface area contributed by atoms with Crippen molar-refractivity contribution in [3.8, 4) is 0 Å². The highest BCUT2D eigenvalue weighted by molar-refractivity contribution is 5.10. The molecule has 2 N–H and O–H groups in total. The van der Waals surface area contributed by atoms with Crippen molar-refractivity contribution in [2.45, 2.75) is 25.4 Å². The summed E-state index contributed by atoms with van der Waals surface area (Å²) in [6.07, 6.45) is 2.97. The number of aromatic nitrogens is 1. The summed E-state index contributed by atoms with van der Waals surface area (Å²) < 4.78 is 0. The monoisotopic (exact) mass is 250 g/mol. The van der Waals surface area contributed by atoms with Crippen molar-refractivity contribution in [3.05, 3.63) is 30.1 Å². The zero-order chi connectivity index (χ0) is 13.5. The molecule has 4 heteroatoms. The summed E-state index contributed by atoms with van der Waals surface area (Å²) in [5.74, 6) is 0. The Morgan fingerprint density at radius 1 is 1.22 bits per heavy atom. The van der Waals surface area contributed by atoms with E-state index in [2.05, 4.69) is 42.0 Å². The Bertz CT molecular complexity index is 324. The molecule has 0 fully saturated rings. The van der Waals surface area contributed by atoms with E-state index < -0.39 is 0 Å². The fourth-order valence-corrected chi connectivity index (χ4v) is 2.22. The maximum atomic E-state index is 6.11. The number of rotatable bonds is 7. The molecule has 0 aliphatic carbocycles. The molecule has 0 bridgehead atoms. The molecule has 0 amide bonds. The highest BCUT2D eigenvalue weighted by Crippen LogP contribution is 2.20. The molecule has 1 heterocycles. The van der Waals surface area contributed by atoms with E-state index in [0.29, 0.717) is 0 Å². The lowest BCUT2D eigenvalue weighted by Gasteiger charge is -2.30. The third kappa shape index (κ3) is 4.72. The number of hydrogen-bond donors (Lipinski definition) is 1. The van der Waals surface area contributed by atoms with Crippen LogP contribution in [-0.4, -0.2) is 55.1 Å². The smallest absolute Gasteiger partial charge is 0.0668 e. The minimum absolute atomic E-state index is 0.0734. The van der Waals surface area contributed by atoms with Gasteiger partial charge in [0.25, 0.3) is 0 Å². The molecule has 1 aromatic heterocycles. The van der Waals surface area contributed by atoms with Crippen molar-refractivity contribution < 1.29 is 0 Å². The summed E-state index contributed by atoms with van der Waals surface area (Å²) in [6.45, 7) is 4.17. The fraction of sp³-hybridized carbons (Fsp3) is 0.643. The zero-order valence-corrected chi connectivity index (χ0v) is 12.0. The first-order chi connectivity index (χ1) is 8.52. The molecular weight excluding hydrogens is 224 g/mol. The molecule has 2 unspecified atom stereocenters. The molecule has 1 rings (SSSR count). The van der Waals surface area contributed by atoms with Gasteiger partial charge in [0.1, 0.15) is 0 Å². The fourth-order valence-electron chi connectivity index (χ4n) is 2.22. The van der Waals surface area contributed by atoms with E-state index in [9.17, 15) is 0 Å². The van der Waals surface area contributed by atoms with E-state index in [-0.39, 0.29) is 12.1 Å². The highest BCUT2D eigenvalue weighted by atomic mass is 15.2. The van der Waals surface area contributed by atoms with Gasteiger partial charge in [-0.15, -0.1) is 0 Å². The van der Waals surface area contributed by atoms with Crippen LogP contribution in [0.4, 0.5) is 0 Å². The second-order valence-corrected chi connectivity index (χ2v) is 5.20. The summed E-state index contributed by atoms with van der Waals surface area (Å²) >= 11 is 0. The minimum atomic E-state index is 0.0734. The Hall–Kier alpha value is -0.970. The van der Waals surface area contributed by atoms with Gasteiger partial charge in [-0.3, -0.25) is 9.88 Å². The minimum Gasteiger partial charge on any atom is -0.326 e. The third-order valence-corrected chi connectivity index (χ3v) is 3.08. The Morgan fingerprint density at radius 3 is 2.44 bits per heavy atom. The lowest BCUT2D eigenvalue weighted by atomic mass is 10.0. The Labute approximate surface area is 111 Å². The third-order valence-electron chi connectivity index (χ3n) is 3.08. The van der Waals surface area contributed by atoms with Crippen LogP contribution in [0, 0.1) is 0 Å². The molecule has 1 aromatic rings. The Morgan fingerprint density at radius 2 is 1.94 bits per heavy atom. The quantitative estimate of drug-likeness (QED) is 0.793. The predicted molar refractivity (Wildman–Crippen MR) is 76.4 cm³/mol. The van der Waals surface area contributed by atoms with Crippen molar-refractivity contribution in [1.82, 2.24) is 14.8 Å². The molecule has 0 saturated heterocycles. The summed E-state index contributed by atoms with van der Waals surface area (Å²) in [6, 6.07) is 6.27. The maximum absolute atomic E-state index is 6.11. The van der Waals surface area contributed by atoms with Gasteiger partial charge >= 0.3 is 0 Å². The molecule has 0 radical (unpaired) electrons. The number of nitrogens with two attached hydrogens (primary N) is 1. The molecule has 18 heavy (non-hydrogen) atoms. The van der Waals surface area contributed by atoms with Crippen LogP contribution in [0.5, 0.6) is 0 Å². The molecule has 0 saturated carbocycles. The van der Waals surface area contributed by atoms with Crippen molar-refractivity contribution in [2.24, 2.45) is 5.73 Å². The van der Waals surface area contributed by atoms with E-state index in [4.69, 9.17) is 5.73 Å². The second kappa shape index (κ2) is 7.46. The predicted octanol–water partition coefficient (Wildman–Crippen LogP) is 1.35. The summed E-state index contributed by atoms with van der Waals surface area (Å²) in [5, 5.41) is 0. The van der Waals surface area contributed by atoms with Crippen LogP contribution < -0.4 is 5.73 Å². The Kier molecular flexibility index (Phi) is 6.25. The standard InChI is InChI=1S/C14H26N4/c1-12(15)14(13-8-5-6-9-16-13)18(4)11-7-10-17(2)3/h5-6,8-9,12,14H,7,10-11,15H2,1-4H3. The van der Waals surface area contributed by atoms with Crippen LogP contribution >= 0.6 is 0 Å². The van der Waals surface area contributed by atoms with Gasteiger partial charge in [0.2, 0.25) is 0 Å². The lowest BCUT2D eigenvalue weighted by molar-refractivity contribution is 0.204. The van der Waals surface area contributed by atoms with Gasteiger partial charge in [-0.25, -0.2) is 0 Å². The van der Waals surface area contributed by atoms with Gasteiger partial charge in [-0.2, -0.15) is 0 Å². The summed E-state index contributed by atoms with van der Waals surface area (Å²) in [5.41, 5.74) is 7.16. The van der Waals surface area contributed by atoms with Crippen molar-refractivity contribution in [1.29, 1.82) is 0 Å². The van der Waals surface area contributed by atoms with Gasteiger partial charge in [0, 0.05) is 12.2 Å². The Balaban J connectivity index is 2.62. The van der Waals surface area contributed by atoms with Crippen LogP contribution in [0.15, 0.2) is 24.4 Å². The van der Waals surface area contributed by atoms with E-state index in [1.807, 2.05) is 25.3 Å². The van der Waals surface area contributed by atoms with Gasteiger partial charge in [-0.05, 0) is 59.7 Å². The number of pyridine rings is 1. The number of nitrogens with zero attached hydrogens (tertiary/aromatic N) is 3. The SMILES string of the molecule is CC(N)C(c1ccccn1)N(C)CCCN(C)C. The molecule has 0 spiro atoms. The second-order valence-electron chi connectivity index (χ2n) is 5.20. The number of likely N-dealkylation sites (N-methyl/N-ethyl adjacent to an activating group) is 1. The van der Waals surface area contributed by atoms with Gasteiger partial charge in [-0.1, -0.05) is 6.07 Å². The van der Waals surface area contributed by atoms with E-state index in [0.717, 1.165) is 25.2 Å². The van der Waals surface area contributed by atoms with Crippen molar-refractivity contribution in [2.75, 3.05) is 34.2 Å². The van der Waals surface area contributed by atoms with Crippen LogP contribution in [0.1, 0.15) is 25.1 Å². The van der Waals surface area contributed by atoms with Crippen molar-refractivity contribution >= 4 is 0 Å². The van der Waals surface area contributed by atoms with E-state index in [1.165, 1.54) is 0 Å². The first kappa shape index (κ1) is 15.1. The topological polar surface area (TPSA) is 45.4 Å². The molecule has 0 aromatic carbocycles.